The third kappa shape index (κ3) is 2.34. The highest BCUT2D eigenvalue weighted by molar-refractivity contribution is 5.91. The fourth-order valence-corrected chi connectivity index (χ4v) is 1.37. The molecule has 0 atom stereocenters. The molecular weight excluding hydrogens is 209 g/mol. The average molecular weight is 219 g/mol. The summed E-state index contributed by atoms with van der Waals surface area (Å²) in [4.78, 5) is 11.0. The number of ketones is 1. The minimum absolute atomic E-state index is 0.130. The Morgan fingerprint density at radius 1 is 1.38 bits per heavy atom. The van der Waals surface area contributed by atoms with Crippen LogP contribution < -0.4 is 0 Å². The van der Waals surface area contributed by atoms with Gasteiger partial charge in [-0.25, -0.2) is 4.39 Å². The molecule has 0 radical (unpaired) electrons. The van der Waals surface area contributed by atoms with Crippen LogP contribution in [0.1, 0.15) is 28.7 Å². The monoisotopic (exact) mass is 219 g/mol. The zero-order valence-electron chi connectivity index (χ0n) is 8.74. The number of hydrogen-bond donors (Lipinski definition) is 0. The van der Waals surface area contributed by atoms with Crippen LogP contribution in [0.5, 0.6) is 0 Å². The Bertz CT molecular complexity index is 502. The Labute approximate surface area is 91.9 Å². The fraction of sp³-hybridized carbons (Fsp3) is 0.167. The Morgan fingerprint density at radius 3 is 2.62 bits per heavy atom. The summed E-state index contributed by atoms with van der Waals surface area (Å²) < 4.78 is 17.7. The lowest BCUT2D eigenvalue weighted by atomic mass is 10.1. The number of nitrogens with zero attached hydrogens (tertiary/aromatic N) is 1. The van der Waals surface area contributed by atoms with Gasteiger partial charge in [-0.15, -0.1) is 0 Å². The topological polar surface area (TPSA) is 43.1 Å². The number of Topliss-reactive ketones (excluding diaryl/α,β-unsaturated/α-hetero) is 1. The van der Waals surface area contributed by atoms with Gasteiger partial charge < -0.3 is 4.52 Å². The zero-order chi connectivity index (χ0) is 11.5. The summed E-state index contributed by atoms with van der Waals surface area (Å²) in [6.45, 7) is 1.43. The molecule has 0 saturated carbocycles. The van der Waals surface area contributed by atoms with E-state index in [1.807, 2.05) is 0 Å². The second-order valence-electron chi connectivity index (χ2n) is 3.54. The van der Waals surface area contributed by atoms with Gasteiger partial charge in [-0.1, -0.05) is 17.3 Å². The number of halogens is 1. The van der Waals surface area contributed by atoms with E-state index in [0.29, 0.717) is 17.9 Å². The molecule has 0 aliphatic rings. The van der Waals surface area contributed by atoms with Crippen molar-refractivity contribution in [3.05, 3.63) is 53.2 Å². The van der Waals surface area contributed by atoms with Crippen molar-refractivity contribution in [3.8, 4) is 0 Å². The van der Waals surface area contributed by atoms with Crippen molar-refractivity contribution in [2.75, 3.05) is 0 Å². The van der Waals surface area contributed by atoms with Gasteiger partial charge in [0.2, 0.25) is 0 Å². The van der Waals surface area contributed by atoms with Crippen molar-refractivity contribution in [2.24, 2.45) is 0 Å². The summed E-state index contributed by atoms with van der Waals surface area (Å²) >= 11 is 0. The molecule has 0 amide bonds. The zero-order valence-corrected chi connectivity index (χ0v) is 8.74. The average Bonchev–Trinajstić information content (AvgIpc) is 2.70. The van der Waals surface area contributed by atoms with Crippen molar-refractivity contribution < 1.29 is 13.7 Å². The summed E-state index contributed by atoms with van der Waals surface area (Å²) in [5.74, 6) is 0.191. The molecule has 1 aromatic carbocycles. The van der Waals surface area contributed by atoms with Gasteiger partial charge >= 0.3 is 0 Å². The molecule has 0 aliphatic heterocycles. The number of benzene rings is 1. The predicted octanol–water partition coefficient (Wildman–Crippen LogP) is 2.61. The van der Waals surface area contributed by atoms with E-state index in [0.717, 1.165) is 5.56 Å². The van der Waals surface area contributed by atoms with Gasteiger partial charge in [-0.3, -0.25) is 4.79 Å². The molecule has 2 rings (SSSR count). The molecule has 0 spiro atoms. The normalized spacial score (nSPS) is 10.4. The van der Waals surface area contributed by atoms with Gasteiger partial charge in [0.25, 0.3) is 0 Å². The molecule has 3 nitrogen and oxygen atoms in total. The number of carbonyl (C=O) groups is 1. The van der Waals surface area contributed by atoms with Gasteiger partial charge in [0.05, 0.1) is 0 Å². The van der Waals surface area contributed by atoms with E-state index in [9.17, 15) is 9.18 Å². The van der Waals surface area contributed by atoms with Crippen LogP contribution in [0, 0.1) is 5.82 Å². The SMILES string of the molecule is CC(=O)c1cc(Cc2ccc(F)cc2)on1. The third-order valence-corrected chi connectivity index (χ3v) is 2.21. The minimum Gasteiger partial charge on any atom is -0.360 e. The molecule has 1 aromatic heterocycles. The van der Waals surface area contributed by atoms with E-state index in [4.69, 9.17) is 4.52 Å². The largest absolute Gasteiger partial charge is 0.360 e. The summed E-state index contributed by atoms with van der Waals surface area (Å²) in [7, 11) is 0. The molecule has 0 N–H and O–H groups in total. The lowest BCUT2D eigenvalue weighted by Gasteiger charge is -1.96. The standard InChI is InChI=1S/C12H10FNO2/c1-8(15)12-7-11(16-14-12)6-9-2-4-10(13)5-3-9/h2-5,7H,6H2,1H3. The van der Waals surface area contributed by atoms with E-state index in [1.165, 1.54) is 19.1 Å². The number of aromatic nitrogens is 1. The summed E-state index contributed by atoms with van der Waals surface area (Å²) in [5, 5.41) is 3.63. The van der Waals surface area contributed by atoms with Crippen molar-refractivity contribution in [2.45, 2.75) is 13.3 Å². The lowest BCUT2D eigenvalue weighted by Crippen LogP contribution is -1.90. The van der Waals surface area contributed by atoms with E-state index in [-0.39, 0.29) is 11.6 Å². The molecule has 0 saturated heterocycles. The molecule has 4 heteroatoms. The van der Waals surface area contributed by atoms with Crippen LogP contribution in [0.4, 0.5) is 4.39 Å². The highest BCUT2D eigenvalue weighted by Crippen LogP contribution is 2.11. The summed E-state index contributed by atoms with van der Waals surface area (Å²) in [5.41, 5.74) is 1.23. The summed E-state index contributed by atoms with van der Waals surface area (Å²) in [6, 6.07) is 7.72. The fourth-order valence-electron chi connectivity index (χ4n) is 1.37. The number of hydrogen-bond acceptors (Lipinski definition) is 3. The first-order valence-corrected chi connectivity index (χ1v) is 4.86. The predicted molar refractivity (Wildman–Crippen MR) is 55.7 cm³/mol. The van der Waals surface area contributed by atoms with Crippen molar-refractivity contribution in [1.82, 2.24) is 5.16 Å². The Hall–Kier alpha value is -1.97. The molecule has 0 aliphatic carbocycles. The van der Waals surface area contributed by atoms with Crippen molar-refractivity contribution >= 4 is 5.78 Å². The van der Waals surface area contributed by atoms with Crippen molar-refractivity contribution in [3.63, 3.8) is 0 Å². The second kappa shape index (κ2) is 4.26. The van der Waals surface area contributed by atoms with Gasteiger partial charge in [0.15, 0.2) is 5.78 Å². The van der Waals surface area contributed by atoms with Crippen LogP contribution in [0.15, 0.2) is 34.9 Å². The minimum atomic E-state index is -0.272. The highest BCUT2D eigenvalue weighted by atomic mass is 19.1. The van der Waals surface area contributed by atoms with Gasteiger partial charge in [-0.05, 0) is 17.7 Å². The van der Waals surface area contributed by atoms with Crippen LogP contribution in [0.3, 0.4) is 0 Å². The maximum absolute atomic E-state index is 12.7. The van der Waals surface area contributed by atoms with E-state index >= 15 is 0 Å². The molecule has 0 fully saturated rings. The molecular formula is C12H10FNO2. The number of carbonyl (C=O) groups excluding carboxylic acids is 1. The Balaban J connectivity index is 2.14. The molecule has 1 heterocycles. The molecule has 0 unspecified atom stereocenters. The van der Waals surface area contributed by atoms with Crippen molar-refractivity contribution in [1.29, 1.82) is 0 Å². The maximum Gasteiger partial charge on any atom is 0.181 e. The first-order chi connectivity index (χ1) is 7.65. The molecule has 82 valence electrons. The molecule has 0 bridgehead atoms. The third-order valence-electron chi connectivity index (χ3n) is 2.21. The lowest BCUT2D eigenvalue weighted by molar-refractivity contribution is 0.100. The van der Waals surface area contributed by atoms with Gasteiger partial charge in [0.1, 0.15) is 17.3 Å². The van der Waals surface area contributed by atoms with Crippen LogP contribution in [0.25, 0.3) is 0 Å². The van der Waals surface area contributed by atoms with Crippen LogP contribution >= 0.6 is 0 Å². The van der Waals surface area contributed by atoms with Crippen LogP contribution in [-0.4, -0.2) is 10.9 Å². The second-order valence-corrected chi connectivity index (χ2v) is 3.54. The smallest absolute Gasteiger partial charge is 0.181 e. The first kappa shape index (κ1) is 10.5. The Kier molecular flexibility index (Phi) is 2.81. The van der Waals surface area contributed by atoms with E-state index < -0.39 is 0 Å². The maximum atomic E-state index is 12.7. The molecule has 16 heavy (non-hydrogen) atoms. The van der Waals surface area contributed by atoms with Crippen LogP contribution in [-0.2, 0) is 6.42 Å². The van der Waals surface area contributed by atoms with Crippen LogP contribution in [0.2, 0.25) is 0 Å². The molecule has 2 aromatic rings. The van der Waals surface area contributed by atoms with E-state index in [2.05, 4.69) is 5.16 Å². The number of rotatable bonds is 3. The van der Waals surface area contributed by atoms with E-state index in [1.54, 1.807) is 18.2 Å². The quantitative estimate of drug-likeness (QED) is 0.745. The summed E-state index contributed by atoms with van der Waals surface area (Å²) in [6.07, 6.45) is 0.501. The van der Waals surface area contributed by atoms with Gasteiger partial charge in [-0.2, -0.15) is 0 Å². The van der Waals surface area contributed by atoms with Gasteiger partial charge in [0, 0.05) is 19.4 Å². The first-order valence-electron chi connectivity index (χ1n) is 4.86. The Morgan fingerprint density at radius 2 is 2.06 bits per heavy atom. The highest BCUT2D eigenvalue weighted by Gasteiger charge is 2.08.